The monoisotopic (exact) mass is 293 g/mol. The highest BCUT2D eigenvalue weighted by molar-refractivity contribution is 8.01. The Labute approximate surface area is 122 Å². The lowest BCUT2D eigenvalue weighted by Gasteiger charge is -2.47. The molecule has 6 heteroatoms. The van der Waals surface area contributed by atoms with Crippen molar-refractivity contribution < 1.29 is 9.21 Å². The number of carbonyl (C=O) groups excluding carboxylic acids is 1. The molecule has 1 aromatic heterocycles. The number of carbonyl (C=O) groups is 1. The number of likely N-dealkylation sites (tertiary alicyclic amines) is 1. The van der Waals surface area contributed by atoms with Crippen LogP contribution >= 0.6 is 11.8 Å². The maximum absolute atomic E-state index is 12.1. The predicted molar refractivity (Wildman–Crippen MR) is 76.7 cm³/mol. The quantitative estimate of drug-likeness (QED) is 0.909. The van der Waals surface area contributed by atoms with Crippen molar-refractivity contribution in [2.24, 2.45) is 5.92 Å². The van der Waals surface area contributed by atoms with Crippen LogP contribution in [0, 0.1) is 5.92 Å². The Bertz CT molecular complexity index is 495. The van der Waals surface area contributed by atoms with Gasteiger partial charge in [-0.2, -0.15) is 0 Å². The van der Waals surface area contributed by atoms with E-state index in [1.165, 1.54) is 44.2 Å². The molecule has 3 fully saturated rings. The number of rotatable bonds is 4. The van der Waals surface area contributed by atoms with E-state index >= 15 is 0 Å². The van der Waals surface area contributed by atoms with Gasteiger partial charge in [0.2, 0.25) is 5.76 Å². The molecule has 1 N–H and O–H groups in total. The number of nitrogens with zero attached hydrogens (tertiary/aromatic N) is 2. The van der Waals surface area contributed by atoms with Crippen LogP contribution in [0.3, 0.4) is 0 Å². The average Bonchev–Trinajstić information content (AvgIpc) is 2.93. The van der Waals surface area contributed by atoms with Crippen LogP contribution in [0.5, 0.6) is 0 Å². The van der Waals surface area contributed by atoms with Gasteiger partial charge in [-0.15, -0.1) is 11.8 Å². The summed E-state index contributed by atoms with van der Waals surface area (Å²) in [5.41, 5.74) is 0. The third-order valence-corrected chi connectivity index (χ3v) is 6.10. The molecule has 1 amide bonds. The van der Waals surface area contributed by atoms with Crippen LogP contribution in [0.4, 0.5) is 0 Å². The zero-order valence-electron chi connectivity index (χ0n) is 11.4. The van der Waals surface area contributed by atoms with E-state index in [1.807, 2.05) is 16.7 Å². The molecular formula is C14H19N3O2S. The van der Waals surface area contributed by atoms with Crippen molar-refractivity contribution in [1.82, 2.24) is 15.2 Å². The molecule has 1 saturated carbocycles. The standard InChI is InChI=1S/C14H19N3O2S/c18-13(12-5-15-9-19-12)17-7-14(8-17)3-11(6-20-14)16-4-10-1-2-10/h5,9-11,16H,1-4,6-8H2. The molecule has 0 aromatic carbocycles. The Morgan fingerprint density at radius 2 is 2.40 bits per heavy atom. The van der Waals surface area contributed by atoms with Gasteiger partial charge < -0.3 is 14.6 Å². The summed E-state index contributed by atoms with van der Waals surface area (Å²) in [6.07, 6.45) is 6.79. The van der Waals surface area contributed by atoms with Crippen molar-refractivity contribution in [3.63, 3.8) is 0 Å². The van der Waals surface area contributed by atoms with Crippen LogP contribution in [-0.2, 0) is 0 Å². The summed E-state index contributed by atoms with van der Waals surface area (Å²) >= 11 is 2.03. The molecule has 3 aliphatic rings. The SMILES string of the molecule is O=C(c1cnco1)N1CC2(CC(NCC3CC3)CS2)C1. The van der Waals surface area contributed by atoms with Crippen LogP contribution in [0.25, 0.3) is 0 Å². The number of thioether (sulfide) groups is 1. The largest absolute Gasteiger partial charge is 0.438 e. The normalized spacial score (nSPS) is 27.8. The third kappa shape index (κ3) is 2.35. The van der Waals surface area contributed by atoms with Gasteiger partial charge in [0.25, 0.3) is 5.91 Å². The van der Waals surface area contributed by atoms with Gasteiger partial charge in [-0.3, -0.25) is 4.79 Å². The summed E-state index contributed by atoms with van der Waals surface area (Å²) in [4.78, 5) is 17.8. The van der Waals surface area contributed by atoms with Gasteiger partial charge in [-0.1, -0.05) is 0 Å². The number of aromatic nitrogens is 1. The highest BCUT2D eigenvalue weighted by Gasteiger charge is 2.51. The number of oxazole rings is 1. The van der Waals surface area contributed by atoms with Gasteiger partial charge in [-0.25, -0.2) is 4.98 Å². The number of hydrogen-bond acceptors (Lipinski definition) is 5. The Morgan fingerprint density at radius 3 is 3.10 bits per heavy atom. The molecule has 3 heterocycles. The van der Waals surface area contributed by atoms with E-state index in [1.54, 1.807) is 0 Å². The first kappa shape index (κ1) is 12.7. The fourth-order valence-corrected chi connectivity index (χ4v) is 4.72. The van der Waals surface area contributed by atoms with Crippen LogP contribution in [-0.4, -0.2) is 52.0 Å². The topological polar surface area (TPSA) is 58.4 Å². The van der Waals surface area contributed by atoms with E-state index in [0.29, 0.717) is 11.8 Å². The van der Waals surface area contributed by atoms with E-state index in [-0.39, 0.29) is 10.7 Å². The van der Waals surface area contributed by atoms with Crippen molar-refractivity contribution in [1.29, 1.82) is 0 Å². The van der Waals surface area contributed by atoms with Crippen molar-refractivity contribution in [3.8, 4) is 0 Å². The lowest BCUT2D eigenvalue weighted by atomic mass is 9.91. The highest BCUT2D eigenvalue weighted by atomic mass is 32.2. The predicted octanol–water partition coefficient (Wildman–Crippen LogP) is 1.37. The van der Waals surface area contributed by atoms with Gasteiger partial charge in [0, 0.05) is 24.9 Å². The summed E-state index contributed by atoms with van der Waals surface area (Å²) in [5.74, 6) is 2.44. The Balaban J connectivity index is 1.28. The van der Waals surface area contributed by atoms with Crippen LogP contribution in [0.2, 0.25) is 0 Å². The molecule has 4 rings (SSSR count). The molecule has 108 valence electrons. The molecule has 2 aliphatic heterocycles. The lowest BCUT2D eigenvalue weighted by Crippen LogP contribution is -2.61. The van der Waals surface area contributed by atoms with Crippen LogP contribution in [0.1, 0.15) is 29.8 Å². The van der Waals surface area contributed by atoms with Crippen molar-refractivity contribution >= 4 is 17.7 Å². The molecular weight excluding hydrogens is 274 g/mol. The van der Waals surface area contributed by atoms with Gasteiger partial charge in [0.1, 0.15) is 0 Å². The molecule has 1 aromatic rings. The Kier molecular flexibility index (Phi) is 3.03. The first-order valence-corrected chi connectivity index (χ1v) is 8.28. The summed E-state index contributed by atoms with van der Waals surface area (Å²) in [6.45, 7) is 2.87. The second-order valence-electron chi connectivity index (χ2n) is 6.27. The number of hydrogen-bond donors (Lipinski definition) is 1. The maximum Gasteiger partial charge on any atom is 0.291 e. The molecule has 1 spiro atoms. The average molecular weight is 293 g/mol. The maximum atomic E-state index is 12.1. The lowest BCUT2D eigenvalue weighted by molar-refractivity contribution is 0.0520. The van der Waals surface area contributed by atoms with E-state index < -0.39 is 0 Å². The summed E-state index contributed by atoms with van der Waals surface area (Å²) in [5, 5.41) is 3.69. The molecule has 5 nitrogen and oxygen atoms in total. The third-order valence-electron chi connectivity index (χ3n) is 4.49. The molecule has 1 unspecified atom stereocenters. The highest BCUT2D eigenvalue weighted by Crippen LogP contribution is 2.45. The Morgan fingerprint density at radius 1 is 1.55 bits per heavy atom. The Hall–Kier alpha value is -1.01. The van der Waals surface area contributed by atoms with E-state index in [2.05, 4.69) is 10.3 Å². The van der Waals surface area contributed by atoms with Gasteiger partial charge in [-0.05, 0) is 31.7 Å². The van der Waals surface area contributed by atoms with Crippen molar-refractivity contribution in [2.45, 2.75) is 30.1 Å². The zero-order valence-corrected chi connectivity index (χ0v) is 12.2. The van der Waals surface area contributed by atoms with Crippen molar-refractivity contribution in [2.75, 3.05) is 25.4 Å². The minimum absolute atomic E-state index is 0.0249. The summed E-state index contributed by atoms with van der Waals surface area (Å²) in [6, 6.07) is 0.628. The minimum Gasteiger partial charge on any atom is -0.438 e. The second kappa shape index (κ2) is 4.77. The van der Waals surface area contributed by atoms with E-state index in [0.717, 1.165) is 19.0 Å². The fraction of sp³-hybridized carbons (Fsp3) is 0.714. The van der Waals surface area contributed by atoms with Crippen molar-refractivity contribution in [3.05, 3.63) is 18.4 Å². The smallest absolute Gasteiger partial charge is 0.291 e. The summed E-state index contributed by atoms with van der Waals surface area (Å²) in [7, 11) is 0. The van der Waals surface area contributed by atoms with Gasteiger partial charge in [0.15, 0.2) is 6.39 Å². The molecule has 1 aliphatic carbocycles. The molecule has 0 radical (unpaired) electrons. The van der Waals surface area contributed by atoms with Gasteiger partial charge >= 0.3 is 0 Å². The number of amides is 1. The second-order valence-corrected chi connectivity index (χ2v) is 7.76. The molecule has 0 bridgehead atoms. The minimum atomic E-state index is -0.0249. The van der Waals surface area contributed by atoms with E-state index in [4.69, 9.17) is 4.42 Å². The van der Waals surface area contributed by atoms with Crippen LogP contribution < -0.4 is 5.32 Å². The van der Waals surface area contributed by atoms with Crippen LogP contribution in [0.15, 0.2) is 17.0 Å². The van der Waals surface area contributed by atoms with Gasteiger partial charge in [0.05, 0.1) is 10.9 Å². The first-order valence-electron chi connectivity index (χ1n) is 7.29. The van der Waals surface area contributed by atoms with E-state index in [9.17, 15) is 4.79 Å². The molecule has 20 heavy (non-hydrogen) atoms. The molecule has 1 atom stereocenters. The first-order chi connectivity index (χ1) is 9.74. The zero-order chi connectivity index (χ0) is 13.6. The summed E-state index contributed by atoms with van der Waals surface area (Å²) < 4.78 is 5.36. The molecule has 2 saturated heterocycles. The fourth-order valence-electron chi connectivity index (χ4n) is 3.12. The number of nitrogens with one attached hydrogen (secondary N) is 1.